The van der Waals surface area contributed by atoms with E-state index in [0.717, 1.165) is 18.4 Å². The molecule has 0 unspecified atom stereocenters. The lowest BCUT2D eigenvalue weighted by Crippen LogP contribution is -2.54. The molecule has 2 rings (SSSR count). The lowest BCUT2D eigenvalue weighted by atomic mass is 9.85. The fourth-order valence-corrected chi connectivity index (χ4v) is 3.09. The second kappa shape index (κ2) is 7.57. The topological polar surface area (TPSA) is 86.7 Å². The molecule has 1 aromatic carbocycles. The highest BCUT2D eigenvalue weighted by atomic mass is 16.4. The van der Waals surface area contributed by atoms with Gasteiger partial charge in [0.25, 0.3) is 5.91 Å². The summed E-state index contributed by atoms with van der Waals surface area (Å²) >= 11 is 0. The average Bonchev–Trinajstić information content (AvgIpc) is 2.48. The van der Waals surface area contributed by atoms with E-state index in [1.54, 1.807) is 18.2 Å². The van der Waals surface area contributed by atoms with Crippen LogP contribution in [0, 0.1) is 6.92 Å². The number of carbonyl (C=O) groups is 3. The molecule has 6 heteroatoms. The van der Waals surface area contributed by atoms with Crippen LogP contribution in [0.5, 0.6) is 0 Å². The maximum Gasteiger partial charge on any atom is 0.317 e. The van der Waals surface area contributed by atoms with E-state index < -0.39 is 5.97 Å². The number of rotatable bonds is 7. The number of amides is 1. The molecule has 0 aliphatic heterocycles. The van der Waals surface area contributed by atoms with Gasteiger partial charge in [0, 0.05) is 23.2 Å². The zero-order valence-corrected chi connectivity index (χ0v) is 14.3. The number of ketones is 1. The van der Waals surface area contributed by atoms with Gasteiger partial charge in [0.1, 0.15) is 0 Å². The van der Waals surface area contributed by atoms with Crippen molar-refractivity contribution in [2.24, 2.45) is 0 Å². The minimum Gasteiger partial charge on any atom is -0.480 e. The summed E-state index contributed by atoms with van der Waals surface area (Å²) in [4.78, 5) is 36.7. The van der Waals surface area contributed by atoms with Crippen molar-refractivity contribution in [1.29, 1.82) is 0 Å². The summed E-state index contributed by atoms with van der Waals surface area (Å²) in [5.74, 6) is -1.08. The third kappa shape index (κ3) is 4.20. The first-order valence-electron chi connectivity index (χ1n) is 8.20. The number of likely N-dealkylation sites (N-methyl/N-ethyl adjacent to an activating group) is 1. The van der Waals surface area contributed by atoms with Gasteiger partial charge in [0.15, 0.2) is 5.78 Å². The lowest BCUT2D eigenvalue weighted by molar-refractivity contribution is -0.139. The SMILES string of the molecule is CCN(CC(=O)O)C1CC(NC(=O)c2ccc(C)c(C(C)=O)c2)C1. The summed E-state index contributed by atoms with van der Waals surface area (Å²) in [5.41, 5.74) is 1.90. The van der Waals surface area contributed by atoms with Crippen molar-refractivity contribution in [1.82, 2.24) is 10.2 Å². The van der Waals surface area contributed by atoms with E-state index in [1.807, 2.05) is 18.7 Å². The van der Waals surface area contributed by atoms with E-state index in [0.29, 0.717) is 17.7 Å². The Morgan fingerprint density at radius 1 is 1.29 bits per heavy atom. The van der Waals surface area contributed by atoms with Gasteiger partial charge < -0.3 is 10.4 Å². The standard InChI is InChI=1S/C18H24N2O4/c1-4-20(10-17(22)23)15-8-14(9-15)19-18(24)13-6-5-11(2)16(7-13)12(3)21/h5-7,14-15H,4,8-10H2,1-3H3,(H,19,24)(H,22,23). The highest BCUT2D eigenvalue weighted by molar-refractivity contribution is 6.00. The quantitative estimate of drug-likeness (QED) is 0.744. The molecule has 24 heavy (non-hydrogen) atoms. The average molecular weight is 332 g/mol. The van der Waals surface area contributed by atoms with Crippen LogP contribution in [0.4, 0.5) is 0 Å². The third-order valence-electron chi connectivity index (χ3n) is 4.59. The first kappa shape index (κ1) is 18.1. The van der Waals surface area contributed by atoms with Crippen LogP contribution in [-0.2, 0) is 4.79 Å². The molecule has 1 aliphatic carbocycles. The smallest absolute Gasteiger partial charge is 0.317 e. The second-order valence-corrected chi connectivity index (χ2v) is 6.34. The Kier molecular flexibility index (Phi) is 5.72. The number of hydrogen-bond donors (Lipinski definition) is 2. The van der Waals surface area contributed by atoms with Gasteiger partial charge in [0.05, 0.1) is 6.54 Å². The summed E-state index contributed by atoms with van der Waals surface area (Å²) in [6.07, 6.45) is 1.50. The number of aliphatic carboxylic acids is 1. The Labute approximate surface area is 141 Å². The number of nitrogens with one attached hydrogen (secondary N) is 1. The summed E-state index contributed by atoms with van der Waals surface area (Å²) in [7, 11) is 0. The number of nitrogens with zero attached hydrogens (tertiary/aromatic N) is 1. The van der Waals surface area contributed by atoms with Crippen LogP contribution >= 0.6 is 0 Å². The third-order valence-corrected chi connectivity index (χ3v) is 4.59. The molecule has 1 aromatic rings. The molecular weight excluding hydrogens is 308 g/mol. The lowest BCUT2D eigenvalue weighted by Gasteiger charge is -2.42. The predicted octanol–water partition coefficient (Wildman–Crippen LogP) is 1.86. The molecular formula is C18H24N2O4. The number of Topliss-reactive ketones (excluding diaryl/α,β-unsaturated/α-hetero) is 1. The fraction of sp³-hybridized carbons (Fsp3) is 0.500. The molecule has 6 nitrogen and oxygen atoms in total. The van der Waals surface area contributed by atoms with Gasteiger partial charge in [-0.1, -0.05) is 13.0 Å². The highest BCUT2D eigenvalue weighted by Gasteiger charge is 2.34. The molecule has 0 saturated heterocycles. The molecule has 2 N–H and O–H groups in total. The van der Waals surface area contributed by atoms with E-state index in [4.69, 9.17) is 5.11 Å². The molecule has 1 amide bonds. The van der Waals surface area contributed by atoms with Crippen LogP contribution in [0.1, 0.15) is 53.0 Å². The normalized spacial score (nSPS) is 19.7. The molecule has 0 aromatic heterocycles. The largest absolute Gasteiger partial charge is 0.480 e. The monoisotopic (exact) mass is 332 g/mol. The summed E-state index contributed by atoms with van der Waals surface area (Å²) in [6.45, 7) is 5.98. The Hall–Kier alpha value is -2.21. The van der Waals surface area contributed by atoms with Gasteiger partial charge in [-0.2, -0.15) is 0 Å². The fourth-order valence-electron chi connectivity index (χ4n) is 3.09. The molecule has 0 radical (unpaired) electrons. The number of carboxylic acid groups (broad SMARTS) is 1. The van der Waals surface area contributed by atoms with Gasteiger partial charge in [-0.3, -0.25) is 19.3 Å². The van der Waals surface area contributed by atoms with E-state index in [-0.39, 0.29) is 30.3 Å². The number of hydrogen-bond acceptors (Lipinski definition) is 4. The zero-order valence-electron chi connectivity index (χ0n) is 14.3. The van der Waals surface area contributed by atoms with Crippen molar-refractivity contribution in [2.45, 2.75) is 45.7 Å². The Morgan fingerprint density at radius 2 is 1.96 bits per heavy atom. The second-order valence-electron chi connectivity index (χ2n) is 6.34. The molecule has 1 aliphatic rings. The van der Waals surface area contributed by atoms with Gasteiger partial charge in [-0.15, -0.1) is 0 Å². The van der Waals surface area contributed by atoms with Crippen molar-refractivity contribution in [2.75, 3.05) is 13.1 Å². The van der Waals surface area contributed by atoms with Crippen molar-refractivity contribution in [3.63, 3.8) is 0 Å². The molecule has 0 atom stereocenters. The van der Waals surface area contributed by atoms with Gasteiger partial charge in [-0.25, -0.2) is 0 Å². The van der Waals surface area contributed by atoms with Gasteiger partial charge in [0.2, 0.25) is 0 Å². The van der Waals surface area contributed by atoms with Crippen molar-refractivity contribution in [3.05, 3.63) is 34.9 Å². The van der Waals surface area contributed by atoms with E-state index in [2.05, 4.69) is 5.32 Å². The van der Waals surface area contributed by atoms with E-state index in [9.17, 15) is 14.4 Å². The van der Waals surface area contributed by atoms with Crippen LogP contribution in [0.2, 0.25) is 0 Å². The van der Waals surface area contributed by atoms with Crippen LogP contribution in [0.3, 0.4) is 0 Å². The number of benzene rings is 1. The summed E-state index contributed by atoms with van der Waals surface area (Å²) < 4.78 is 0. The molecule has 130 valence electrons. The predicted molar refractivity (Wildman–Crippen MR) is 90.3 cm³/mol. The van der Waals surface area contributed by atoms with Crippen LogP contribution in [-0.4, -0.2) is 52.8 Å². The van der Waals surface area contributed by atoms with Crippen LogP contribution < -0.4 is 5.32 Å². The number of carbonyl (C=O) groups excluding carboxylic acids is 2. The van der Waals surface area contributed by atoms with Crippen LogP contribution in [0.25, 0.3) is 0 Å². The Morgan fingerprint density at radius 3 is 2.50 bits per heavy atom. The summed E-state index contributed by atoms with van der Waals surface area (Å²) in [6, 6.07) is 5.37. The van der Waals surface area contributed by atoms with E-state index >= 15 is 0 Å². The first-order chi connectivity index (χ1) is 11.3. The minimum atomic E-state index is -0.833. The van der Waals surface area contributed by atoms with Gasteiger partial charge >= 0.3 is 5.97 Å². The van der Waals surface area contributed by atoms with Crippen LogP contribution in [0.15, 0.2) is 18.2 Å². The van der Waals surface area contributed by atoms with E-state index in [1.165, 1.54) is 6.92 Å². The van der Waals surface area contributed by atoms with Crippen molar-refractivity contribution in [3.8, 4) is 0 Å². The molecule has 0 spiro atoms. The maximum absolute atomic E-state index is 12.3. The van der Waals surface area contributed by atoms with Crippen molar-refractivity contribution < 1.29 is 19.5 Å². The first-order valence-corrected chi connectivity index (χ1v) is 8.20. The van der Waals surface area contributed by atoms with Crippen molar-refractivity contribution >= 4 is 17.7 Å². The molecule has 1 fully saturated rings. The highest BCUT2D eigenvalue weighted by Crippen LogP contribution is 2.26. The Balaban J connectivity index is 1.92. The van der Waals surface area contributed by atoms with Gasteiger partial charge in [-0.05, 0) is 50.9 Å². The Bertz CT molecular complexity index is 650. The molecule has 1 saturated carbocycles. The minimum absolute atomic E-state index is 0.0295. The number of aryl methyl sites for hydroxylation is 1. The molecule has 0 bridgehead atoms. The molecule has 0 heterocycles. The number of carboxylic acids is 1. The maximum atomic E-state index is 12.3. The zero-order chi connectivity index (χ0) is 17.9. The summed E-state index contributed by atoms with van der Waals surface area (Å²) in [5, 5.41) is 11.9.